The molecule has 1 fully saturated rings. The molecule has 0 unspecified atom stereocenters. The summed E-state index contributed by atoms with van der Waals surface area (Å²) in [6, 6.07) is 0. The van der Waals surface area contributed by atoms with Crippen LogP contribution in [0.5, 0.6) is 0 Å². The number of nitrogens with zero attached hydrogens (tertiary/aromatic N) is 1. The molecule has 1 saturated heterocycles. The molecule has 5 heavy (non-hydrogen) atoms. The third-order valence-electron chi connectivity index (χ3n) is 0.891. The summed E-state index contributed by atoms with van der Waals surface area (Å²) in [5.74, 6) is 5.21. The molecule has 0 aromatic rings. The third kappa shape index (κ3) is 0.412. The van der Waals surface area contributed by atoms with E-state index in [1.807, 2.05) is 0 Å². The Hall–Kier alpha value is -0.0800. The van der Waals surface area contributed by atoms with Crippen LogP contribution in [0, 0.1) is 0 Å². The summed E-state index contributed by atoms with van der Waals surface area (Å²) in [5.41, 5.74) is 0. The van der Waals surface area contributed by atoms with Crippen LogP contribution in [0.1, 0.15) is 6.42 Å². The van der Waals surface area contributed by atoms with Crippen molar-refractivity contribution in [1.29, 1.82) is 0 Å². The lowest BCUT2D eigenvalue weighted by Gasteiger charge is -2.24. The van der Waals surface area contributed by atoms with E-state index in [0.717, 1.165) is 13.1 Å². The normalized spacial score (nSPS) is 25.8. The van der Waals surface area contributed by atoms with Gasteiger partial charge in [-0.15, -0.1) is 0 Å². The smallest absolute Gasteiger partial charge is 0.0141 e. The number of hydrogen-bond donors (Lipinski definition) is 1. The Balaban J connectivity index is 2.08. The van der Waals surface area contributed by atoms with Crippen LogP contribution < -0.4 is 5.84 Å². The lowest BCUT2D eigenvalue weighted by molar-refractivity contribution is 0.186. The van der Waals surface area contributed by atoms with E-state index in [-0.39, 0.29) is 0 Å². The monoisotopic (exact) mass is 72.1 g/mol. The topological polar surface area (TPSA) is 29.3 Å². The lowest BCUT2D eigenvalue weighted by Crippen LogP contribution is -2.42. The van der Waals surface area contributed by atoms with Gasteiger partial charge in [-0.2, -0.15) is 0 Å². The van der Waals surface area contributed by atoms with Crippen molar-refractivity contribution >= 4 is 0 Å². The number of hydrazine groups is 1. The summed E-state index contributed by atoms with van der Waals surface area (Å²) < 4.78 is 0. The molecule has 0 spiro atoms. The van der Waals surface area contributed by atoms with Gasteiger partial charge in [-0.25, -0.2) is 5.01 Å². The molecule has 1 rings (SSSR count). The standard InChI is InChI=1S/C3H8N2/c4-5-2-1-3-5/h1-4H2. The van der Waals surface area contributed by atoms with Gasteiger partial charge < -0.3 is 0 Å². The van der Waals surface area contributed by atoms with Gasteiger partial charge in [0.2, 0.25) is 0 Å². The van der Waals surface area contributed by atoms with Crippen LogP contribution in [-0.2, 0) is 0 Å². The molecule has 0 atom stereocenters. The van der Waals surface area contributed by atoms with E-state index in [2.05, 4.69) is 0 Å². The van der Waals surface area contributed by atoms with Crippen molar-refractivity contribution in [2.45, 2.75) is 6.42 Å². The highest BCUT2D eigenvalue weighted by Gasteiger charge is 2.05. The second-order valence-corrected chi connectivity index (χ2v) is 1.39. The maximum atomic E-state index is 5.21. The van der Waals surface area contributed by atoms with Crippen LogP contribution in [0.2, 0.25) is 0 Å². The summed E-state index contributed by atoms with van der Waals surface area (Å²) in [7, 11) is 0. The zero-order chi connectivity index (χ0) is 3.70. The molecular weight excluding hydrogens is 64.0 g/mol. The molecule has 2 N–H and O–H groups in total. The van der Waals surface area contributed by atoms with Crippen molar-refractivity contribution in [2.75, 3.05) is 13.1 Å². The van der Waals surface area contributed by atoms with E-state index in [9.17, 15) is 0 Å². The molecule has 0 bridgehead atoms. The minimum atomic E-state index is 1.10. The molecule has 0 amide bonds. The average Bonchev–Trinajstić information content (AvgIpc) is 1.30. The maximum absolute atomic E-state index is 5.21. The fourth-order valence-corrected chi connectivity index (χ4v) is 0.341. The Morgan fingerprint density at radius 2 is 1.80 bits per heavy atom. The Morgan fingerprint density at radius 3 is 1.80 bits per heavy atom. The Labute approximate surface area is 31.5 Å². The van der Waals surface area contributed by atoms with Gasteiger partial charge >= 0.3 is 0 Å². The first-order valence-corrected chi connectivity index (χ1v) is 1.89. The van der Waals surface area contributed by atoms with Crippen molar-refractivity contribution in [3.8, 4) is 0 Å². The van der Waals surface area contributed by atoms with Gasteiger partial charge in [0.15, 0.2) is 0 Å². The maximum Gasteiger partial charge on any atom is 0.0141 e. The van der Waals surface area contributed by atoms with Gasteiger partial charge in [-0.3, -0.25) is 5.84 Å². The van der Waals surface area contributed by atoms with E-state index < -0.39 is 0 Å². The van der Waals surface area contributed by atoms with Crippen molar-refractivity contribution < 1.29 is 0 Å². The summed E-state index contributed by atoms with van der Waals surface area (Å²) in [6.07, 6.45) is 1.29. The van der Waals surface area contributed by atoms with Crippen LogP contribution in [0.25, 0.3) is 0 Å². The first-order valence-electron chi connectivity index (χ1n) is 1.89. The Bertz CT molecular complexity index is 31.9. The molecular formula is C3H8N2. The largest absolute Gasteiger partial charge is 0.269 e. The predicted molar refractivity (Wildman–Crippen MR) is 20.4 cm³/mol. The van der Waals surface area contributed by atoms with E-state index in [0.29, 0.717) is 0 Å². The summed E-state index contributed by atoms with van der Waals surface area (Å²) >= 11 is 0. The lowest BCUT2D eigenvalue weighted by atomic mass is 10.3. The molecule has 2 nitrogen and oxygen atoms in total. The SMILES string of the molecule is NN1CCC1. The molecule has 1 aliphatic heterocycles. The van der Waals surface area contributed by atoms with Crippen LogP contribution >= 0.6 is 0 Å². The van der Waals surface area contributed by atoms with E-state index in [4.69, 9.17) is 5.84 Å². The van der Waals surface area contributed by atoms with Crippen LogP contribution in [-0.4, -0.2) is 18.1 Å². The van der Waals surface area contributed by atoms with Crippen LogP contribution in [0.4, 0.5) is 0 Å². The minimum Gasteiger partial charge on any atom is -0.269 e. The van der Waals surface area contributed by atoms with Gasteiger partial charge in [-0.1, -0.05) is 0 Å². The first kappa shape index (κ1) is 3.12. The summed E-state index contributed by atoms with van der Waals surface area (Å²) in [5, 5.41) is 1.81. The summed E-state index contributed by atoms with van der Waals surface area (Å²) in [6.45, 7) is 2.19. The van der Waals surface area contributed by atoms with Crippen molar-refractivity contribution in [1.82, 2.24) is 5.01 Å². The molecule has 1 heterocycles. The van der Waals surface area contributed by atoms with Gasteiger partial charge in [-0.05, 0) is 6.42 Å². The van der Waals surface area contributed by atoms with Gasteiger partial charge in [0, 0.05) is 13.1 Å². The summed E-state index contributed by atoms with van der Waals surface area (Å²) in [4.78, 5) is 0. The fraction of sp³-hybridized carbons (Fsp3) is 1.00. The highest BCUT2D eigenvalue weighted by molar-refractivity contribution is 4.58. The number of hydrogen-bond acceptors (Lipinski definition) is 2. The molecule has 1 aliphatic rings. The van der Waals surface area contributed by atoms with Gasteiger partial charge in [0.1, 0.15) is 0 Å². The second-order valence-electron chi connectivity index (χ2n) is 1.39. The highest BCUT2D eigenvalue weighted by atomic mass is 15.4. The molecule has 30 valence electrons. The van der Waals surface area contributed by atoms with E-state index in [1.54, 1.807) is 5.01 Å². The Kier molecular flexibility index (Phi) is 0.596. The molecule has 0 aliphatic carbocycles. The highest BCUT2D eigenvalue weighted by Crippen LogP contribution is 1.95. The zero-order valence-electron chi connectivity index (χ0n) is 3.15. The third-order valence-corrected chi connectivity index (χ3v) is 0.891. The molecule has 2 heteroatoms. The molecule has 0 aromatic heterocycles. The fourth-order valence-electron chi connectivity index (χ4n) is 0.341. The molecule has 0 radical (unpaired) electrons. The molecule has 0 saturated carbocycles. The van der Waals surface area contributed by atoms with Crippen molar-refractivity contribution in [3.05, 3.63) is 0 Å². The van der Waals surface area contributed by atoms with Gasteiger partial charge in [0.05, 0.1) is 0 Å². The van der Waals surface area contributed by atoms with Gasteiger partial charge in [0.25, 0.3) is 0 Å². The number of rotatable bonds is 0. The van der Waals surface area contributed by atoms with Crippen molar-refractivity contribution in [3.63, 3.8) is 0 Å². The van der Waals surface area contributed by atoms with Crippen molar-refractivity contribution in [2.24, 2.45) is 5.84 Å². The molecule has 0 aromatic carbocycles. The Morgan fingerprint density at radius 1 is 1.40 bits per heavy atom. The van der Waals surface area contributed by atoms with E-state index in [1.165, 1.54) is 6.42 Å². The zero-order valence-corrected chi connectivity index (χ0v) is 3.15. The quantitative estimate of drug-likeness (QED) is 0.393. The number of nitrogens with two attached hydrogens (primary N) is 1. The first-order chi connectivity index (χ1) is 2.39. The second kappa shape index (κ2) is 0.954. The average molecular weight is 72.1 g/mol. The predicted octanol–water partition coefficient (Wildman–Crippen LogP) is -0.434. The van der Waals surface area contributed by atoms with E-state index >= 15 is 0 Å². The minimum absolute atomic E-state index is 1.10. The van der Waals surface area contributed by atoms with Crippen LogP contribution in [0.3, 0.4) is 0 Å². The van der Waals surface area contributed by atoms with Crippen LogP contribution in [0.15, 0.2) is 0 Å².